The number of methoxy groups -OCH3 is 1. The van der Waals surface area contributed by atoms with E-state index in [0.717, 1.165) is 13.1 Å². The Balaban J connectivity index is 2.29. The molecule has 0 aromatic heterocycles. The molecule has 4 heteroatoms. The molecular weight excluding hydrogens is 168 g/mol. The minimum atomic E-state index is -0.243. The molecule has 0 aromatic rings. The lowest BCUT2D eigenvalue weighted by Crippen LogP contribution is -2.57. The predicted octanol–water partition coefficient (Wildman–Crippen LogP) is 0.668. The van der Waals surface area contributed by atoms with Crippen LogP contribution in [0.15, 0.2) is 0 Å². The summed E-state index contributed by atoms with van der Waals surface area (Å²) >= 11 is 0. The molecule has 0 bridgehead atoms. The molecule has 0 saturated carbocycles. The summed E-state index contributed by atoms with van der Waals surface area (Å²) in [4.78, 5) is 12.7. The molecular formula is C9H18N2O2. The highest BCUT2D eigenvalue weighted by Crippen LogP contribution is 2.22. The van der Waals surface area contributed by atoms with Crippen molar-refractivity contribution < 1.29 is 9.53 Å². The van der Waals surface area contributed by atoms with Crippen LogP contribution in [0.3, 0.4) is 0 Å². The van der Waals surface area contributed by atoms with Crippen molar-refractivity contribution in [2.24, 2.45) is 17.6 Å². The van der Waals surface area contributed by atoms with Gasteiger partial charge in [0, 0.05) is 25.0 Å². The lowest BCUT2D eigenvalue weighted by Gasteiger charge is -2.42. The van der Waals surface area contributed by atoms with Gasteiger partial charge in [-0.25, -0.2) is 4.79 Å². The Morgan fingerprint density at radius 1 is 1.54 bits per heavy atom. The molecule has 1 saturated heterocycles. The summed E-state index contributed by atoms with van der Waals surface area (Å²) in [6.45, 7) is 5.69. The first-order chi connectivity index (χ1) is 6.06. The first-order valence-corrected chi connectivity index (χ1v) is 4.64. The first kappa shape index (κ1) is 10.3. The second-order valence-corrected chi connectivity index (χ2v) is 3.96. The maximum Gasteiger partial charge on any atom is 0.409 e. The van der Waals surface area contributed by atoms with Gasteiger partial charge in [-0.3, -0.25) is 0 Å². The van der Waals surface area contributed by atoms with Crippen LogP contribution in [0.2, 0.25) is 0 Å². The van der Waals surface area contributed by atoms with Crippen molar-refractivity contribution in [2.45, 2.75) is 19.9 Å². The molecule has 2 N–H and O–H groups in total. The highest BCUT2D eigenvalue weighted by Gasteiger charge is 2.35. The van der Waals surface area contributed by atoms with Gasteiger partial charge in [-0.1, -0.05) is 13.8 Å². The van der Waals surface area contributed by atoms with Crippen LogP contribution in [0, 0.1) is 11.8 Å². The number of hydrogen-bond acceptors (Lipinski definition) is 3. The molecule has 1 fully saturated rings. The number of amides is 1. The fraction of sp³-hybridized carbons (Fsp3) is 0.889. The number of ether oxygens (including phenoxy) is 1. The van der Waals surface area contributed by atoms with Crippen LogP contribution in [0.4, 0.5) is 4.79 Å². The number of nitrogens with zero attached hydrogens (tertiary/aromatic N) is 1. The Morgan fingerprint density at radius 3 is 2.46 bits per heavy atom. The van der Waals surface area contributed by atoms with Gasteiger partial charge in [-0.15, -0.1) is 0 Å². The number of carbonyl (C=O) groups is 1. The molecule has 1 amide bonds. The van der Waals surface area contributed by atoms with Crippen molar-refractivity contribution in [3.63, 3.8) is 0 Å². The highest BCUT2D eigenvalue weighted by atomic mass is 16.5. The standard InChI is InChI=1S/C9H18N2O2/c1-6(2)8(10)7-4-11(5-7)9(12)13-3/h6-8H,4-5,10H2,1-3H3. The molecule has 76 valence electrons. The van der Waals surface area contributed by atoms with Gasteiger partial charge in [0.1, 0.15) is 0 Å². The van der Waals surface area contributed by atoms with Crippen LogP contribution in [0.1, 0.15) is 13.8 Å². The SMILES string of the molecule is COC(=O)N1CC(C(N)C(C)C)C1. The van der Waals surface area contributed by atoms with Gasteiger partial charge < -0.3 is 15.4 Å². The molecule has 0 spiro atoms. The lowest BCUT2D eigenvalue weighted by molar-refractivity contribution is 0.0521. The Morgan fingerprint density at radius 2 is 2.08 bits per heavy atom. The average Bonchev–Trinajstić information content (AvgIpc) is 2.00. The van der Waals surface area contributed by atoms with Gasteiger partial charge in [0.25, 0.3) is 0 Å². The third kappa shape index (κ3) is 2.12. The summed E-state index contributed by atoms with van der Waals surface area (Å²) < 4.78 is 4.59. The number of likely N-dealkylation sites (tertiary alicyclic amines) is 1. The molecule has 1 aliphatic rings. The zero-order chi connectivity index (χ0) is 10.0. The van der Waals surface area contributed by atoms with E-state index >= 15 is 0 Å². The van der Waals surface area contributed by atoms with E-state index in [4.69, 9.17) is 5.73 Å². The smallest absolute Gasteiger partial charge is 0.409 e. The van der Waals surface area contributed by atoms with E-state index in [0.29, 0.717) is 11.8 Å². The largest absolute Gasteiger partial charge is 0.453 e. The third-order valence-corrected chi connectivity index (χ3v) is 2.66. The molecule has 0 radical (unpaired) electrons. The van der Waals surface area contributed by atoms with E-state index in [1.807, 2.05) is 0 Å². The van der Waals surface area contributed by atoms with E-state index in [2.05, 4.69) is 18.6 Å². The van der Waals surface area contributed by atoms with Crippen molar-refractivity contribution in [1.82, 2.24) is 4.90 Å². The van der Waals surface area contributed by atoms with Crippen LogP contribution in [0.25, 0.3) is 0 Å². The first-order valence-electron chi connectivity index (χ1n) is 4.64. The van der Waals surface area contributed by atoms with E-state index in [9.17, 15) is 4.79 Å². The zero-order valence-electron chi connectivity index (χ0n) is 8.49. The van der Waals surface area contributed by atoms with Crippen molar-refractivity contribution in [3.8, 4) is 0 Å². The summed E-state index contributed by atoms with van der Waals surface area (Å²) in [5.41, 5.74) is 5.95. The van der Waals surface area contributed by atoms with Gasteiger partial charge >= 0.3 is 6.09 Å². The summed E-state index contributed by atoms with van der Waals surface area (Å²) in [6.07, 6.45) is -0.243. The average molecular weight is 186 g/mol. The molecule has 1 heterocycles. The Hall–Kier alpha value is -0.770. The third-order valence-electron chi connectivity index (χ3n) is 2.66. The normalized spacial score (nSPS) is 19.9. The summed E-state index contributed by atoms with van der Waals surface area (Å²) in [7, 11) is 1.40. The molecule has 13 heavy (non-hydrogen) atoms. The van der Waals surface area contributed by atoms with E-state index < -0.39 is 0 Å². The van der Waals surface area contributed by atoms with Gasteiger partial charge in [0.15, 0.2) is 0 Å². The summed E-state index contributed by atoms with van der Waals surface area (Å²) in [5.74, 6) is 0.920. The van der Waals surface area contributed by atoms with Crippen molar-refractivity contribution in [3.05, 3.63) is 0 Å². The van der Waals surface area contributed by atoms with E-state index in [1.165, 1.54) is 7.11 Å². The number of nitrogens with two attached hydrogens (primary N) is 1. The monoisotopic (exact) mass is 186 g/mol. The molecule has 1 aliphatic heterocycles. The van der Waals surface area contributed by atoms with Crippen LogP contribution in [-0.2, 0) is 4.74 Å². The van der Waals surface area contributed by atoms with Gasteiger partial charge in [0.2, 0.25) is 0 Å². The Labute approximate surface area is 79.0 Å². The van der Waals surface area contributed by atoms with Crippen molar-refractivity contribution in [1.29, 1.82) is 0 Å². The van der Waals surface area contributed by atoms with Crippen LogP contribution in [0.5, 0.6) is 0 Å². The number of rotatable bonds is 2. The molecule has 1 rings (SSSR count). The van der Waals surface area contributed by atoms with Crippen LogP contribution >= 0.6 is 0 Å². The maximum absolute atomic E-state index is 11.0. The Bertz CT molecular complexity index is 188. The zero-order valence-corrected chi connectivity index (χ0v) is 8.49. The number of hydrogen-bond donors (Lipinski definition) is 1. The van der Waals surface area contributed by atoms with Crippen LogP contribution < -0.4 is 5.73 Å². The van der Waals surface area contributed by atoms with Gasteiger partial charge in [-0.2, -0.15) is 0 Å². The molecule has 1 unspecified atom stereocenters. The summed E-state index contributed by atoms with van der Waals surface area (Å²) in [6, 6.07) is 0.195. The molecule has 4 nitrogen and oxygen atoms in total. The molecule has 0 aliphatic carbocycles. The predicted molar refractivity (Wildman–Crippen MR) is 50.3 cm³/mol. The van der Waals surface area contributed by atoms with Crippen molar-refractivity contribution >= 4 is 6.09 Å². The number of carbonyl (C=O) groups excluding carboxylic acids is 1. The van der Waals surface area contributed by atoms with Crippen LogP contribution in [-0.4, -0.2) is 37.2 Å². The Kier molecular flexibility index (Phi) is 3.14. The highest BCUT2D eigenvalue weighted by molar-refractivity contribution is 5.68. The fourth-order valence-corrected chi connectivity index (χ4v) is 1.58. The van der Waals surface area contributed by atoms with E-state index in [1.54, 1.807) is 4.90 Å². The van der Waals surface area contributed by atoms with Crippen molar-refractivity contribution in [2.75, 3.05) is 20.2 Å². The van der Waals surface area contributed by atoms with E-state index in [-0.39, 0.29) is 12.1 Å². The lowest BCUT2D eigenvalue weighted by atomic mass is 9.86. The minimum Gasteiger partial charge on any atom is -0.453 e. The van der Waals surface area contributed by atoms with Gasteiger partial charge in [-0.05, 0) is 5.92 Å². The quantitative estimate of drug-likeness (QED) is 0.689. The molecule has 1 atom stereocenters. The minimum absolute atomic E-state index is 0.195. The maximum atomic E-state index is 11.0. The summed E-state index contributed by atoms with van der Waals surface area (Å²) in [5, 5.41) is 0. The second kappa shape index (κ2) is 3.96. The molecule has 0 aromatic carbocycles. The fourth-order valence-electron chi connectivity index (χ4n) is 1.58. The second-order valence-electron chi connectivity index (χ2n) is 3.96. The van der Waals surface area contributed by atoms with Gasteiger partial charge in [0.05, 0.1) is 7.11 Å². The topological polar surface area (TPSA) is 55.6 Å².